The minimum atomic E-state index is -0.512. The Labute approximate surface area is 141 Å². The predicted molar refractivity (Wildman–Crippen MR) is 90.3 cm³/mol. The van der Waals surface area contributed by atoms with Gasteiger partial charge in [-0.15, -0.1) is 0 Å². The molecule has 2 N–H and O–H groups in total. The van der Waals surface area contributed by atoms with E-state index in [1.807, 2.05) is 41.9 Å². The molecule has 1 aliphatic rings. The molecule has 0 saturated carbocycles. The summed E-state index contributed by atoms with van der Waals surface area (Å²) in [7, 11) is 0. The number of amides is 1. The number of rotatable bonds is 4. The van der Waals surface area contributed by atoms with Crippen LogP contribution in [0.15, 0.2) is 30.3 Å². The number of nitriles is 1. The summed E-state index contributed by atoms with van der Waals surface area (Å²) in [5, 5.41) is 13.6. The maximum atomic E-state index is 11.9. The second kappa shape index (κ2) is 6.36. The third kappa shape index (κ3) is 2.73. The second-order valence-electron chi connectivity index (χ2n) is 6.27. The van der Waals surface area contributed by atoms with Crippen molar-refractivity contribution in [2.75, 3.05) is 13.1 Å². The van der Waals surface area contributed by atoms with Gasteiger partial charge in [0, 0.05) is 30.3 Å². The molecule has 0 spiro atoms. The quantitative estimate of drug-likeness (QED) is 0.873. The van der Waals surface area contributed by atoms with E-state index >= 15 is 0 Å². The van der Waals surface area contributed by atoms with Crippen molar-refractivity contribution in [2.45, 2.75) is 32.2 Å². The van der Waals surface area contributed by atoms with Crippen molar-refractivity contribution in [3.05, 3.63) is 52.8 Å². The fourth-order valence-corrected chi connectivity index (χ4v) is 3.54. The summed E-state index contributed by atoms with van der Waals surface area (Å²) in [6, 6.07) is 10.0. The number of hydrogen-bond donors (Lipinski definition) is 1. The molecule has 2 aromatic rings. The molecule has 1 saturated heterocycles. The van der Waals surface area contributed by atoms with Gasteiger partial charge in [0.25, 0.3) is 5.91 Å². The molecular formula is C18H21N5O. The highest BCUT2D eigenvalue weighted by molar-refractivity contribution is 5.92. The molecule has 1 aromatic heterocycles. The first-order valence-corrected chi connectivity index (χ1v) is 8.11. The third-order valence-corrected chi connectivity index (χ3v) is 4.82. The Morgan fingerprint density at radius 2 is 2.12 bits per heavy atom. The summed E-state index contributed by atoms with van der Waals surface area (Å²) in [4.78, 5) is 13.6. The number of nitrogens with zero attached hydrogens (tertiary/aromatic N) is 4. The predicted octanol–water partition coefficient (Wildman–Crippen LogP) is 2.17. The van der Waals surface area contributed by atoms with E-state index in [1.165, 1.54) is 0 Å². The molecule has 1 aromatic carbocycles. The first-order valence-electron chi connectivity index (χ1n) is 8.11. The van der Waals surface area contributed by atoms with Crippen molar-refractivity contribution in [1.82, 2.24) is 14.7 Å². The van der Waals surface area contributed by atoms with E-state index < -0.39 is 5.91 Å². The lowest BCUT2D eigenvalue weighted by atomic mass is 9.95. The summed E-state index contributed by atoms with van der Waals surface area (Å²) in [5.74, 6) is -0.397. The van der Waals surface area contributed by atoms with E-state index in [4.69, 9.17) is 11.0 Å². The van der Waals surface area contributed by atoms with Gasteiger partial charge in [-0.1, -0.05) is 30.3 Å². The summed E-state index contributed by atoms with van der Waals surface area (Å²) in [6.45, 7) is 5.35. The lowest BCUT2D eigenvalue weighted by Crippen LogP contribution is -2.17. The van der Waals surface area contributed by atoms with Crippen LogP contribution in [0.25, 0.3) is 0 Å². The molecule has 3 rings (SSSR count). The molecule has 1 amide bonds. The first kappa shape index (κ1) is 16.1. The first-order chi connectivity index (χ1) is 11.5. The molecule has 6 heteroatoms. The minimum absolute atomic E-state index is 0.00604. The summed E-state index contributed by atoms with van der Waals surface area (Å²) in [6.07, 6.45) is 3.01. The van der Waals surface area contributed by atoms with Gasteiger partial charge >= 0.3 is 0 Å². The topological polar surface area (TPSA) is 87.9 Å². The number of nitrogens with two attached hydrogens (primary N) is 1. The molecule has 2 unspecified atom stereocenters. The van der Waals surface area contributed by atoms with Crippen LogP contribution < -0.4 is 5.73 Å². The number of carbonyl (C=O) groups is 1. The molecule has 24 heavy (non-hydrogen) atoms. The number of carbonyl (C=O) groups excluding carboxylic acids is 1. The zero-order chi connectivity index (χ0) is 17.3. The highest BCUT2D eigenvalue weighted by atomic mass is 16.1. The van der Waals surface area contributed by atoms with Gasteiger partial charge in [0.2, 0.25) is 0 Å². The van der Waals surface area contributed by atoms with Gasteiger partial charge in [-0.2, -0.15) is 10.4 Å². The molecule has 1 fully saturated rings. The number of aromatic nitrogens is 2. The highest BCUT2D eigenvalue weighted by Gasteiger charge is 2.32. The Kier molecular flexibility index (Phi) is 4.26. The minimum Gasteiger partial charge on any atom is -0.364 e. The smallest absolute Gasteiger partial charge is 0.269 e. The molecule has 2 atom stereocenters. The van der Waals surface area contributed by atoms with E-state index in [-0.39, 0.29) is 12.0 Å². The van der Waals surface area contributed by atoms with Gasteiger partial charge in [0.05, 0.1) is 6.04 Å². The van der Waals surface area contributed by atoms with Gasteiger partial charge in [-0.3, -0.25) is 9.48 Å². The van der Waals surface area contributed by atoms with Crippen LogP contribution in [0.3, 0.4) is 0 Å². The van der Waals surface area contributed by atoms with Crippen LogP contribution in [0.4, 0.5) is 0 Å². The van der Waals surface area contributed by atoms with Gasteiger partial charge in [-0.05, 0) is 25.8 Å². The number of benzene rings is 1. The maximum Gasteiger partial charge on any atom is 0.269 e. The number of hydrogen-bond acceptors (Lipinski definition) is 4. The molecule has 2 heterocycles. The van der Waals surface area contributed by atoms with Gasteiger partial charge in [-0.25, -0.2) is 0 Å². The van der Waals surface area contributed by atoms with Crippen LogP contribution in [0.2, 0.25) is 0 Å². The van der Waals surface area contributed by atoms with Crippen molar-refractivity contribution in [3.63, 3.8) is 0 Å². The summed E-state index contributed by atoms with van der Waals surface area (Å²) >= 11 is 0. The maximum absolute atomic E-state index is 11.9. The monoisotopic (exact) mass is 323 g/mol. The van der Waals surface area contributed by atoms with Crippen molar-refractivity contribution in [3.8, 4) is 6.19 Å². The fourth-order valence-electron chi connectivity index (χ4n) is 3.54. The lowest BCUT2D eigenvalue weighted by molar-refractivity contribution is 0.0993. The van der Waals surface area contributed by atoms with Gasteiger partial charge < -0.3 is 10.6 Å². The molecule has 124 valence electrons. The van der Waals surface area contributed by atoms with E-state index in [0.717, 1.165) is 23.2 Å². The average molecular weight is 323 g/mol. The number of primary amides is 1. The Hall–Kier alpha value is -2.81. The van der Waals surface area contributed by atoms with Crippen LogP contribution >= 0.6 is 0 Å². The second-order valence-corrected chi connectivity index (χ2v) is 6.27. The Morgan fingerprint density at radius 3 is 2.71 bits per heavy atom. The van der Waals surface area contributed by atoms with Crippen LogP contribution in [0, 0.1) is 18.4 Å². The van der Waals surface area contributed by atoms with Crippen LogP contribution in [-0.2, 0) is 0 Å². The number of likely N-dealkylation sites (tertiary alicyclic amines) is 1. The molecule has 0 aliphatic carbocycles. The normalized spacial score (nSPS) is 18.4. The average Bonchev–Trinajstić information content (AvgIpc) is 3.19. The van der Waals surface area contributed by atoms with E-state index in [9.17, 15) is 4.79 Å². The van der Waals surface area contributed by atoms with Crippen molar-refractivity contribution in [2.24, 2.45) is 5.73 Å². The highest BCUT2D eigenvalue weighted by Crippen LogP contribution is 2.33. The van der Waals surface area contributed by atoms with E-state index in [2.05, 4.69) is 18.2 Å². The lowest BCUT2D eigenvalue weighted by Gasteiger charge is -2.16. The Balaban J connectivity index is 2.02. The van der Waals surface area contributed by atoms with Crippen molar-refractivity contribution >= 4 is 5.91 Å². The molecule has 0 bridgehead atoms. The van der Waals surface area contributed by atoms with Crippen LogP contribution in [0.1, 0.15) is 52.6 Å². The molecule has 1 aliphatic heterocycles. The zero-order valence-corrected chi connectivity index (χ0v) is 13.9. The fraction of sp³-hybridized carbons (Fsp3) is 0.389. The van der Waals surface area contributed by atoms with Crippen molar-refractivity contribution in [1.29, 1.82) is 5.26 Å². The zero-order valence-electron chi connectivity index (χ0n) is 13.9. The van der Waals surface area contributed by atoms with E-state index in [0.29, 0.717) is 18.8 Å². The SMILES string of the molecule is Cc1c(C2CCN(C#N)C2)c(C(N)=O)nn1C(C)c1ccccc1. The van der Waals surface area contributed by atoms with Crippen molar-refractivity contribution < 1.29 is 4.79 Å². The molecule has 6 nitrogen and oxygen atoms in total. The summed E-state index contributed by atoms with van der Waals surface area (Å²) < 4.78 is 1.87. The van der Waals surface area contributed by atoms with E-state index in [1.54, 1.807) is 4.90 Å². The third-order valence-electron chi connectivity index (χ3n) is 4.82. The Bertz CT molecular complexity index is 790. The summed E-state index contributed by atoms with van der Waals surface area (Å²) in [5.41, 5.74) is 8.87. The largest absolute Gasteiger partial charge is 0.364 e. The standard InChI is InChI=1S/C18H21N5O/c1-12(14-6-4-3-5-7-14)23-13(2)16(17(21-23)18(20)24)15-8-9-22(10-15)11-19/h3-7,12,15H,8-10H2,1-2H3,(H2,20,24). The molecule has 0 radical (unpaired) electrons. The Morgan fingerprint density at radius 1 is 1.42 bits per heavy atom. The van der Waals surface area contributed by atoms with Crippen LogP contribution in [-0.4, -0.2) is 33.7 Å². The van der Waals surface area contributed by atoms with Crippen LogP contribution in [0.5, 0.6) is 0 Å². The molecular weight excluding hydrogens is 302 g/mol. The van der Waals surface area contributed by atoms with Gasteiger partial charge in [0.15, 0.2) is 11.9 Å². The van der Waals surface area contributed by atoms with Gasteiger partial charge in [0.1, 0.15) is 0 Å².